The summed E-state index contributed by atoms with van der Waals surface area (Å²) in [5.74, 6) is 0.547. The molecule has 0 aliphatic heterocycles. The van der Waals surface area contributed by atoms with Gasteiger partial charge in [-0.2, -0.15) is 0 Å². The van der Waals surface area contributed by atoms with Crippen molar-refractivity contribution in [2.75, 3.05) is 6.54 Å². The number of rotatable bonds is 5. The van der Waals surface area contributed by atoms with Crippen LogP contribution in [0.5, 0.6) is 0 Å². The Labute approximate surface area is 91.7 Å². The molecule has 1 aromatic rings. The molecule has 0 saturated carbocycles. The zero-order valence-corrected chi connectivity index (χ0v) is 9.76. The van der Waals surface area contributed by atoms with Gasteiger partial charge in [0.1, 0.15) is 5.82 Å². The largest absolute Gasteiger partial charge is 0.310 e. The molecule has 0 aliphatic rings. The molecule has 1 unspecified atom stereocenters. The molecule has 0 heterocycles. The van der Waals surface area contributed by atoms with E-state index in [1.165, 1.54) is 18.6 Å². The summed E-state index contributed by atoms with van der Waals surface area (Å²) in [6, 6.07) is 6.99. The Hall–Kier alpha value is -0.890. The molecule has 0 spiro atoms. The maximum absolute atomic E-state index is 12.7. The van der Waals surface area contributed by atoms with E-state index in [0.29, 0.717) is 6.04 Å². The highest BCUT2D eigenvalue weighted by atomic mass is 19.1. The van der Waals surface area contributed by atoms with Crippen molar-refractivity contribution in [3.63, 3.8) is 0 Å². The standard InChI is InChI=1S/C13H20FN/c1-10(2)8-9-15-11(3)12-4-6-13(14)7-5-12/h4-7,10-11,15H,8-9H2,1-3H3. The molecule has 84 valence electrons. The van der Waals surface area contributed by atoms with Crippen LogP contribution < -0.4 is 5.32 Å². The smallest absolute Gasteiger partial charge is 0.123 e. The average molecular weight is 209 g/mol. The van der Waals surface area contributed by atoms with Crippen molar-refractivity contribution in [2.24, 2.45) is 5.92 Å². The quantitative estimate of drug-likeness (QED) is 0.782. The van der Waals surface area contributed by atoms with Crippen LogP contribution in [0.1, 0.15) is 38.8 Å². The van der Waals surface area contributed by atoms with Crippen LogP contribution in [0.4, 0.5) is 4.39 Å². The molecule has 0 amide bonds. The monoisotopic (exact) mass is 209 g/mol. The van der Waals surface area contributed by atoms with Gasteiger partial charge in [-0.05, 0) is 43.5 Å². The molecule has 1 atom stereocenters. The van der Waals surface area contributed by atoms with Crippen LogP contribution in [0.2, 0.25) is 0 Å². The first-order chi connectivity index (χ1) is 7.09. The predicted molar refractivity (Wildman–Crippen MR) is 62.3 cm³/mol. The summed E-state index contributed by atoms with van der Waals surface area (Å²) in [7, 11) is 0. The number of hydrogen-bond donors (Lipinski definition) is 1. The minimum Gasteiger partial charge on any atom is -0.310 e. The first-order valence-electron chi connectivity index (χ1n) is 5.58. The molecule has 2 heteroatoms. The summed E-state index contributed by atoms with van der Waals surface area (Å²) in [5, 5.41) is 3.43. The van der Waals surface area contributed by atoms with Gasteiger partial charge in [0.2, 0.25) is 0 Å². The normalized spacial score (nSPS) is 13.1. The van der Waals surface area contributed by atoms with Gasteiger partial charge in [-0.15, -0.1) is 0 Å². The Morgan fingerprint density at radius 2 is 1.73 bits per heavy atom. The van der Waals surface area contributed by atoms with Crippen molar-refractivity contribution in [3.05, 3.63) is 35.6 Å². The van der Waals surface area contributed by atoms with E-state index in [9.17, 15) is 4.39 Å². The van der Waals surface area contributed by atoms with Crippen LogP contribution in [0, 0.1) is 11.7 Å². The van der Waals surface area contributed by atoms with Gasteiger partial charge in [-0.25, -0.2) is 4.39 Å². The van der Waals surface area contributed by atoms with Gasteiger partial charge < -0.3 is 5.32 Å². The molecular formula is C13H20FN. The highest BCUT2D eigenvalue weighted by molar-refractivity contribution is 5.19. The molecule has 0 aromatic heterocycles. The molecule has 0 aliphatic carbocycles. The predicted octanol–water partition coefficient (Wildman–Crippen LogP) is 3.52. The number of nitrogens with one attached hydrogen (secondary N) is 1. The Bertz CT molecular complexity index is 279. The second-order valence-electron chi connectivity index (χ2n) is 4.41. The van der Waals surface area contributed by atoms with E-state index in [4.69, 9.17) is 0 Å². The summed E-state index contributed by atoms with van der Waals surface area (Å²) in [6.45, 7) is 7.54. The van der Waals surface area contributed by atoms with E-state index in [-0.39, 0.29) is 5.82 Å². The van der Waals surface area contributed by atoms with Crippen molar-refractivity contribution in [3.8, 4) is 0 Å². The molecule has 15 heavy (non-hydrogen) atoms. The lowest BCUT2D eigenvalue weighted by atomic mass is 10.1. The molecule has 1 aromatic carbocycles. The summed E-state index contributed by atoms with van der Waals surface area (Å²) < 4.78 is 12.7. The van der Waals surface area contributed by atoms with E-state index >= 15 is 0 Å². The summed E-state index contributed by atoms with van der Waals surface area (Å²) in [5.41, 5.74) is 1.14. The highest BCUT2D eigenvalue weighted by Gasteiger charge is 2.04. The van der Waals surface area contributed by atoms with Crippen molar-refractivity contribution in [2.45, 2.75) is 33.2 Å². The molecule has 0 saturated heterocycles. The lowest BCUT2D eigenvalue weighted by Gasteiger charge is -2.15. The van der Waals surface area contributed by atoms with Crippen molar-refractivity contribution < 1.29 is 4.39 Å². The van der Waals surface area contributed by atoms with Crippen LogP contribution >= 0.6 is 0 Å². The molecule has 0 bridgehead atoms. The summed E-state index contributed by atoms with van der Waals surface area (Å²) in [6.07, 6.45) is 1.17. The average Bonchev–Trinajstić information content (AvgIpc) is 2.18. The molecule has 0 radical (unpaired) electrons. The van der Waals surface area contributed by atoms with Crippen molar-refractivity contribution in [1.29, 1.82) is 0 Å². The Kier molecular flexibility index (Phi) is 4.76. The van der Waals surface area contributed by atoms with Gasteiger partial charge in [0.15, 0.2) is 0 Å². The lowest BCUT2D eigenvalue weighted by Crippen LogP contribution is -2.20. The van der Waals surface area contributed by atoms with Crippen LogP contribution in [0.25, 0.3) is 0 Å². The molecule has 1 N–H and O–H groups in total. The number of halogens is 1. The zero-order valence-electron chi connectivity index (χ0n) is 9.76. The van der Waals surface area contributed by atoms with Gasteiger partial charge in [-0.1, -0.05) is 26.0 Å². The van der Waals surface area contributed by atoms with E-state index in [1.54, 1.807) is 0 Å². The van der Waals surface area contributed by atoms with Crippen LogP contribution in [0.15, 0.2) is 24.3 Å². The van der Waals surface area contributed by atoms with Gasteiger partial charge in [0, 0.05) is 6.04 Å². The molecule has 1 nitrogen and oxygen atoms in total. The fraction of sp³-hybridized carbons (Fsp3) is 0.538. The molecular weight excluding hydrogens is 189 g/mol. The van der Waals surface area contributed by atoms with Gasteiger partial charge >= 0.3 is 0 Å². The maximum atomic E-state index is 12.7. The Morgan fingerprint density at radius 1 is 1.13 bits per heavy atom. The second kappa shape index (κ2) is 5.86. The molecule has 0 fully saturated rings. The second-order valence-corrected chi connectivity index (χ2v) is 4.41. The van der Waals surface area contributed by atoms with Gasteiger partial charge in [-0.3, -0.25) is 0 Å². The molecule has 1 rings (SSSR count). The third kappa shape index (κ3) is 4.43. The SMILES string of the molecule is CC(C)CCNC(C)c1ccc(F)cc1. The van der Waals surface area contributed by atoms with E-state index < -0.39 is 0 Å². The first-order valence-corrected chi connectivity index (χ1v) is 5.58. The third-order valence-corrected chi connectivity index (χ3v) is 2.54. The van der Waals surface area contributed by atoms with Gasteiger partial charge in [0.05, 0.1) is 0 Å². The highest BCUT2D eigenvalue weighted by Crippen LogP contribution is 2.12. The van der Waals surface area contributed by atoms with E-state index in [2.05, 4.69) is 26.1 Å². The van der Waals surface area contributed by atoms with Crippen molar-refractivity contribution >= 4 is 0 Å². The fourth-order valence-electron chi connectivity index (χ4n) is 1.46. The number of benzene rings is 1. The zero-order chi connectivity index (χ0) is 11.3. The van der Waals surface area contributed by atoms with Gasteiger partial charge in [0.25, 0.3) is 0 Å². The minimum absolute atomic E-state index is 0.173. The topological polar surface area (TPSA) is 12.0 Å². The Morgan fingerprint density at radius 3 is 2.27 bits per heavy atom. The van der Waals surface area contributed by atoms with Crippen LogP contribution in [-0.4, -0.2) is 6.54 Å². The fourth-order valence-corrected chi connectivity index (χ4v) is 1.46. The lowest BCUT2D eigenvalue weighted by molar-refractivity contribution is 0.496. The van der Waals surface area contributed by atoms with Crippen molar-refractivity contribution in [1.82, 2.24) is 5.32 Å². The third-order valence-electron chi connectivity index (χ3n) is 2.54. The van der Waals surface area contributed by atoms with Crippen LogP contribution in [0.3, 0.4) is 0 Å². The van der Waals surface area contributed by atoms with E-state index in [1.807, 2.05) is 12.1 Å². The maximum Gasteiger partial charge on any atom is 0.123 e. The first kappa shape index (κ1) is 12.2. The van der Waals surface area contributed by atoms with Crippen LogP contribution in [-0.2, 0) is 0 Å². The summed E-state index contributed by atoms with van der Waals surface area (Å²) >= 11 is 0. The minimum atomic E-state index is -0.173. The Balaban J connectivity index is 2.40. The summed E-state index contributed by atoms with van der Waals surface area (Å²) in [4.78, 5) is 0. The van der Waals surface area contributed by atoms with E-state index in [0.717, 1.165) is 18.0 Å². The number of hydrogen-bond acceptors (Lipinski definition) is 1.